The first-order chi connectivity index (χ1) is 9.67. The standard InChI is InChI=1S/C15H14FN3O/c1-9-2-5-13-10(6-9)7-14(20-13)15(19-17)12-4-3-11(16)8-18-12/h2-8,15,19H,17H2,1H3. The number of aryl methyl sites for hydroxylation is 1. The van der Waals surface area contributed by atoms with E-state index < -0.39 is 6.04 Å². The average molecular weight is 271 g/mol. The van der Waals surface area contributed by atoms with Gasteiger partial charge in [-0.3, -0.25) is 10.8 Å². The minimum absolute atomic E-state index is 0.384. The highest BCUT2D eigenvalue weighted by Crippen LogP contribution is 2.27. The van der Waals surface area contributed by atoms with Gasteiger partial charge in [0.05, 0.1) is 11.9 Å². The molecular formula is C15H14FN3O. The largest absolute Gasteiger partial charge is 0.459 e. The Balaban J connectivity index is 2.04. The number of nitrogens with one attached hydrogen (secondary N) is 1. The van der Waals surface area contributed by atoms with Crippen LogP contribution in [0.5, 0.6) is 0 Å². The molecule has 0 saturated carbocycles. The zero-order valence-corrected chi connectivity index (χ0v) is 10.9. The molecule has 0 aliphatic heterocycles. The van der Waals surface area contributed by atoms with Crippen LogP contribution >= 0.6 is 0 Å². The smallest absolute Gasteiger partial charge is 0.141 e. The van der Waals surface area contributed by atoms with Gasteiger partial charge in [-0.2, -0.15) is 0 Å². The molecule has 3 rings (SSSR count). The van der Waals surface area contributed by atoms with Crippen LogP contribution in [0.4, 0.5) is 4.39 Å². The summed E-state index contributed by atoms with van der Waals surface area (Å²) >= 11 is 0. The van der Waals surface area contributed by atoms with Gasteiger partial charge in [-0.25, -0.2) is 9.82 Å². The molecule has 3 N–H and O–H groups in total. The van der Waals surface area contributed by atoms with E-state index in [0.717, 1.165) is 22.7 Å². The third-order valence-electron chi connectivity index (χ3n) is 3.19. The second-order valence-corrected chi connectivity index (χ2v) is 4.69. The van der Waals surface area contributed by atoms with Crippen molar-refractivity contribution >= 4 is 11.0 Å². The molecule has 0 radical (unpaired) electrons. The number of rotatable bonds is 3. The van der Waals surface area contributed by atoms with E-state index in [4.69, 9.17) is 10.3 Å². The van der Waals surface area contributed by atoms with Crippen LogP contribution in [0.25, 0.3) is 11.0 Å². The monoisotopic (exact) mass is 271 g/mol. The van der Waals surface area contributed by atoms with Crippen molar-refractivity contribution in [2.75, 3.05) is 0 Å². The summed E-state index contributed by atoms with van der Waals surface area (Å²) in [5.74, 6) is 5.84. The first kappa shape index (κ1) is 12.8. The molecule has 1 aromatic carbocycles. The second kappa shape index (κ2) is 5.03. The Kier molecular flexibility index (Phi) is 3.22. The average Bonchev–Trinajstić information content (AvgIpc) is 2.84. The molecule has 0 saturated heterocycles. The van der Waals surface area contributed by atoms with Crippen molar-refractivity contribution in [2.45, 2.75) is 13.0 Å². The highest BCUT2D eigenvalue weighted by atomic mass is 19.1. The number of benzene rings is 1. The van der Waals surface area contributed by atoms with Crippen molar-refractivity contribution in [1.82, 2.24) is 10.4 Å². The Hall–Kier alpha value is -2.24. The van der Waals surface area contributed by atoms with Gasteiger partial charge < -0.3 is 4.42 Å². The number of hydrogen-bond acceptors (Lipinski definition) is 4. The summed E-state index contributed by atoms with van der Waals surface area (Å²) in [5, 5.41) is 1.00. The lowest BCUT2D eigenvalue weighted by molar-refractivity contribution is 0.470. The molecule has 4 nitrogen and oxygen atoms in total. The van der Waals surface area contributed by atoms with Crippen LogP contribution in [-0.4, -0.2) is 4.98 Å². The zero-order chi connectivity index (χ0) is 14.1. The molecule has 0 amide bonds. The van der Waals surface area contributed by atoms with Gasteiger partial charge in [0.1, 0.15) is 23.2 Å². The predicted octanol–water partition coefficient (Wildman–Crippen LogP) is 2.83. The molecule has 0 aliphatic rings. The lowest BCUT2D eigenvalue weighted by atomic mass is 10.1. The summed E-state index contributed by atoms with van der Waals surface area (Å²) in [6.45, 7) is 2.02. The summed E-state index contributed by atoms with van der Waals surface area (Å²) < 4.78 is 18.7. The summed E-state index contributed by atoms with van der Waals surface area (Å²) in [4.78, 5) is 4.04. The maximum Gasteiger partial charge on any atom is 0.141 e. The molecule has 0 bridgehead atoms. The van der Waals surface area contributed by atoms with Gasteiger partial charge in [-0.05, 0) is 37.3 Å². The van der Waals surface area contributed by atoms with Gasteiger partial charge in [-0.15, -0.1) is 0 Å². The molecule has 1 atom stereocenters. The van der Waals surface area contributed by atoms with E-state index >= 15 is 0 Å². The van der Waals surface area contributed by atoms with Crippen LogP contribution in [0.3, 0.4) is 0 Å². The minimum atomic E-state index is -0.414. The summed E-state index contributed by atoms with van der Waals surface area (Å²) in [7, 11) is 0. The van der Waals surface area contributed by atoms with Crippen LogP contribution in [0.15, 0.2) is 47.0 Å². The van der Waals surface area contributed by atoms with Crippen molar-refractivity contribution in [2.24, 2.45) is 5.84 Å². The Morgan fingerprint density at radius 2 is 2.10 bits per heavy atom. The van der Waals surface area contributed by atoms with Gasteiger partial charge >= 0.3 is 0 Å². The van der Waals surface area contributed by atoms with Gasteiger partial charge in [0.15, 0.2) is 0 Å². The molecule has 0 aliphatic carbocycles. The Morgan fingerprint density at radius 3 is 2.80 bits per heavy atom. The molecule has 0 fully saturated rings. The molecule has 2 heterocycles. The number of aromatic nitrogens is 1. The topological polar surface area (TPSA) is 64.1 Å². The minimum Gasteiger partial charge on any atom is -0.459 e. The number of furan rings is 1. The van der Waals surface area contributed by atoms with E-state index in [1.165, 1.54) is 6.07 Å². The number of pyridine rings is 1. The third kappa shape index (κ3) is 2.29. The normalized spacial score (nSPS) is 12.8. The van der Waals surface area contributed by atoms with Crippen molar-refractivity contribution in [3.63, 3.8) is 0 Å². The number of fused-ring (bicyclic) bond motifs is 1. The fourth-order valence-corrected chi connectivity index (χ4v) is 2.20. The van der Waals surface area contributed by atoms with Crippen molar-refractivity contribution in [3.05, 3.63) is 65.4 Å². The molecule has 2 aromatic heterocycles. The van der Waals surface area contributed by atoms with Crippen molar-refractivity contribution < 1.29 is 8.81 Å². The predicted molar refractivity (Wildman–Crippen MR) is 74.3 cm³/mol. The maximum absolute atomic E-state index is 12.9. The Bertz CT molecular complexity index is 736. The fourth-order valence-electron chi connectivity index (χ4n) is 2.20. The van der Waals surface area contributed by atoms with Crippen LogP contribution in [-0.2, 0) is 0 Å². The van der Waals surface area contributed by atoms with Crippen LogP contribution in [0, 0.1) is 12.7 Å². The molecular weight excluding hydrogens is 257 g/mol. The van der Waals surface area contributed by atoms with Crippen molar-refractivity contribution in [1.29, 1.82) is 0 Å². The Morgan fingerprint density at radius 1 is 1.25 bits per heavy atom. The van der Waals surface area contributed by atoms with E-state index in [0.29, 0.717) is 11.5 Å². The maximum atomic E-state index is 12.9. The van der Waals surface area contributed by atoms with E-state index in [9.17, 15) is 4.39 Å². The van der Waals surface area contributed by atoms with Gasteiger partial charge in [0.2, 0.25) is 0 Å². The molecule has 0 spiro atoms. The number of hydrazine groups is 1. The van der Waals surface area contributed by atoms with E-state index in [1.54, 1.807) is 6.07 Å². The fraction of sp³-hybridized carbons (Fsp3) is 0.133. The number of nitrogens with zero attached hydrogens (tertiary/aromatic N) is 1. The zero-order valence-electron chi connectivity index (χ0n) is 10.9. The quantitative estimate of drug-likeness (QED) is 0.568. The van der Waals surface area contributed by atoms with Gasteiger partial charge in [-0.1, -0.05) is 11.6 Å². The van der Waals surface area contributed by atoms with E-state index in [2.05, 4.69) is 10.4 Å². The second-order valence-electron chi connectivity index (χ2n) is 4.69. The summed E-state index contributed by atoms with van der Waals surface area (Å²) in [6.07, 6.45) is 1.16. The molecule has 1 unspecified atom stereocenters. The molecule has 20 heavy (non-hydrogen) atoms. The van der Waals surface area contributed by atoms with E-state index in [-0.39, 0.29) is 5.82 Å². The highest BCUT2D eigenvalue weighted by Gasteiger charge is 2.18. The van der Waals surface area contributed by atoms with Crippen LogP contribution in [0.1, 0.15) is 23.1 Å². The van der Waals surface area contributed by atoms with Crippen LogP contribution in [0.2, 0.25) is 0 Å². The molecule has 5 heteroatoms. The molecule has 3 aromatic rings. The lowest BCUT2D eigenvalue weighted by Crippen LogP contribution is -2.29. The SMILES string of the molecule is Cc1ccc2oc(C(NN)c3ccc(F)cn3)cc2c1. The molecule has 102 valence electrons. The lowest BCUT2D eigenvalue weighted by Gasteiger charge is -2.12. The van der Waals surface area contributed by atoms with Gasteiger partial charge in [0.25, 0.3) is 0 Å². The highest BCUT2D eigenvalue weighted by molar-refractivity contribution is 5.78. The number of hydrogen-bond donors (Lipinski definition) is 2. The van der Waals surface area contributed by atoms with Gasteiger partial charge in [0, 0.05) is 5.39 Å². The summed E-state index contributed by atoms with van der Waals surface area (Å²) in [6, 6.07) is 10.4. The first-order valence-electron chi connectivity index (χ1n) is 6.25. The summed E-state index contributed by atoms with van der Waals surface area (Å²) in [5.41, 5.74) is 5.19. The number of nitrogens with two attached hydrogens (primary N) is 1. The van der Waals surface area contributed by atoms with Crippen LogP contribution < -0.4 is 11.3 Å². The Labute approximate surface area is 115 Å². The van der Waals surface area contributed by atoms with E-state index in [1.807, 2.05) is 31.2 Å². The first-order valence-corrected chi connectivity index (χ1v) is 6.25. The third-order valence-corrected chi connectivity index (χ3v) is 3.19. The number of halogens is 1. The van der Waals surface area contributed by atoms with Crippen molar-refractivity contribution in [3.8, 4) is 0 Å².